The van der Waals surface area contributed by atoms with Crippen LogP contribution in [0.5, 0.6) is 0 Å². The summed E-state index contributed by atoms with van der Waals surface area (Å²) in [5, 5.41) is 6.25. The molecule has 0 spiro atoms. The summed E-state index contributed by atoms with van der Waals surface area (Å²) in [5.74, 6) is 0.299. The standard InChI is InChI=1S/C13H17BrN2O.ClH/c14-12-5-1-3-10(7-12)8-16-13(17)11-4-2-6-15-9-11;/h1,3,5,7,11,15H,2,4,6,8-9H2,(H,16,17);1H. The molecule has 0 aliphatic carbocycles. The highest BCUT2D eigenvalue weighted by Gasteiger charge is 2.20. The zero-order valence-electron chi connectivity index (χ0n) is 10.1. The van der Waals surface area contributed by atoms with Crippen molar-refractivity contribution in [2.24, 2.45) is 5.92 Å². The predicted octanol–water partition coefficient (Wildman–Crippen LogP) is 2.49. The van der Waals surface area contributed by atoms with E-state index in [0.29, 0.717) is 6.54 Å². The Morgan fingerprint density at radius 1 is 1.50 bits per heavy atom. The Morgan fingerprint density at radius 3 is 3.00 bits per heavy atom. The number of amides is 1. The van der Waals surface area contributed by atoms with Gasteiger partial charge < -0.3 is 10.6 Å². The number of halogens is 2. The van der Waals surface area contributed by atoms with Gasteiger partial charge >= 0.3 is 0 Å². The van der Waals surface area contributed by atoms with E-state index in [1.807, 2.05) is 24.3 Å². The molecule has 1 amide bonds. The summed E-state index contributed by atoms with van der Waals surface area (Å²) in [7, 11) is 0. The molecular weight excluding hydrogens is 316 g/mol. The number of carbonyl (C=O) groups is 1. The van der Waals surface area contributed by atoms with Crippen molar-refractivity contribution < 1.29 is 4.79 Å². The lowest BCUT2D eigenvalue weighted by Gasteiger charge is -2.21. The molecule has 0 saturated carbocycles. The van der Waals surface area contributed by atoms with Crippen LogP contribution >= 0.6 is 28.3 Å². The SMILES string of the molecule is Cl.O=C(NCc1cccc(Br)c1)C1CCCNC1. The fourth-order valence-corrected chi connectivity index (χ4v) is 2.50. The number of hydrogen-bond donors (Lipinski definition) is 2. The Balaban J connectivity index is 0.00000162. The third kappa shape index (κ3) is 4.59. The number of rotatable bonds is 3. The highest BCUT2D eigenvalue weighted by molar-refractivity contribution is 9.10. The number of piperidine rings is 1. The van der Waals surface area contributed by atoms with Crippen LogP contribution in [0.1, 0.15) is 18.4 Å². The fourth-order valence-electron chi connectivity index (χ4n) is 2.06. The minimum Gasteiger partial charge on any atom is -0.352 e. The predicted molar refractivity (Wildman–Crippen MR) is 78.8 cm³/mol. The van der Waals surface area contributed by atoms with E-state index in [0.717, 1.165) is 36.0 Å². The van der Waals surface area contributed by atoms with Crippen LogP contribution in [0.15, 0.2) is 28.7 Å². The molecule has 1 aliphatic rings. The number of hydrogen-bond acceptors (Lipinski definition) is 2. The molecule has 0 bridgehead atoms. The fraction of sp³-hybridized carbons (Fsp3) is 0.462. The first-order chi connectivity index (χ1) is 8.25. The highest BCUT2D eigenvalue weighted by atomic mass is 79.9. The Labute approximate surface area is 122 Å². The molecule has 1 heterocycles. The molecule has 1 fully saturated rings. The van der Waals surface area contributed by atoms with E-state index >= 15 is 0 Å². The van der Waals surface area contributed by atoms with Crippen molar-refractivity contribution in [1.82, 2.24) is 10.6 Å². The summed E-state index contributed by atoms with van der Waals surface area (Å²) in [6.45, 7) is 2.45. The number of carbonyl (C=O) groups excluding carboxylic acids is 1. The minimum absolute atomic E-state index is 0. The van der Waals surface area contributed by atoms with Gasteiger partial charge in [-0.1, -0.05) is 28.1 Å². The second-order valence-corrected chi connectivity index (χ2v) is 5.31. The molecule has 5 heteroatoms. The van der Waals surface area contributed by atoms with Crippen molar-refractivity contribution in [3.63, 3.8) is 0 Å². The Bertz CT molecular complexity index is 394. The van der Waals surface area contributed by atoms with Gasteiger partial charge in [0, 0.05) is 17.6 Å². The second kappa shape index (κ2) is 7.77. The maximum atomic E-state index is 11.9. The Hall–Kier alpha value is -0.580. The molecule has 1 saturated heterocycles. The molecule has 1 aliphatic heterocycles. The summed E-state index contributed by atoms with van der Waals surface area (Å²) in [5.41, 5.74) is 1.12. The van der Waals surface area contributed by atoms with E-state index in [9.17, 15) is 4.79 Å². The third-order valence-corrected chi connectivity index (χ3v) is 3.52. The molecule has 1 aromatic rings. The summed E-state index contributed by atoms with van der Waals surface area (Å²) in [4.78, 5) is 11.9. The van der Waals surface area contributed by atoms with Crippen molar-refractivity contribution in [2.45, 2.75) is 19.4 Å². The quantitative estimate of drug-likeness (QED) is 0.892. The monoisotopic (exact) mass is 332 g/mol. The van der Waals surface area contributed by atoms with Crippen LogP contribution in [0.2, 0.25) is 0 Å². The maximum absolute atomic E-state index is 11.9. The largest absolute Gasteiger partial charge is 0.352 e. The van der Waals surface area contributed by atoms with Crippen LogP contribution in [0.3, 0.4) is 0 Å². The lowest BCUT2D eigenvalue weighted by atomic mass is 9.99. The van der Waals surface area contributed by atoms with Gasteiger partial charge in [0.05, 0.1) is 5.92 Å². The second-order valence-electron chi connectivity index (χ2n) is 4.39. The van der Waals surface area contributed by atoms with E-state index < -0.39 is 0 Å². The topological polar surface area (TPSA) is 41.1 Å². The molecular formula is C13H18BrClN2O. The van der Waals surface area contributed by atoms with Crippen LogP contribution in [-0.4, -0.2) is 19.0 Å². The van der Waals surface area contributed by atoms with E-state index in [-0.39, 0.29) is 24.2 Å². The van der Waals surface area contributed by atoms with Crippen molar-refractivity contribution in [3.05, 3.63) is 34.3 Å². The van der Waals surface area contributed by atoms with Gasteiger partial charge in [-0.15, -0.1) is 12.4 Å². The summed E-state index contributed by atoms with van der Waals surface area (Å²) in [6, 6.07) is 8.01. The first-order valence-corrected chi connectivity index (χ1v) is 6.78. The van der Waals surface area contributed by atoms with Crippen molar-refractivity contribution >= 4 is 34.2 Å². The lowest BCUT2D eigenvalue weighted by molar-refractivity contribution is -0.125. The van der Waals surface area contributed by atoms with Crippen LogP contribution in [-0.2, 0) is 11.3 Å². The molecule has 1 unspecified atom stereocenters. The molecule has 0 radical (unpaired) electrons. The molecule has 1 aromatic carbocycles. The van der Waals surface area contributed by atoms with Gasteiger partial charge in [0.2, 0.25) is 5.91 Å². The van der Waals surface area contributed by atoms with Gasteiger partial charge in [-0.25, -0.2) is 0 Å². The maximum Gasteiger partial charge on any atom is 0.224 e. The van der Waals surface area contributed by atoms with E-state index in [1.54, 1.807) is 0 Å². The molecule has 100 valence electrons. The van der Waals surface area contributed by atoms with E-state index in [4.69, 9.17) is 0 Å². The first-order valence-electron chi connectivity index (χ1n) is 5.98. The van der Waals surface area contributed by atoms with Gasteiger partial charge in [-0.05, 0) is 37.1 Å². The minimum atomic E-state index is 0. The number of benzene rings is 1. The summed E-state index contributed by atoms with van der Waals surface area (Å²) in [6.07, 6.45) is 2.09. The van der Waals surface area contributed by atoms with Crippen molar-refractivity contribution in [2.75, 3.05) is 13.1 Å². The van der Waals surface area contributed by atoms with Gasteiger partial charge in [0.1, 0.15) is 0 Å². The van der Waals surface area contributed by atoms with E-state index in [1.165, 1.54) is 0 Å². The summed E-state index contributed by atoms with van der Waals surface area (Å²) >= 11 is 3.42. The average molecular weight is 334 g/mol. The molecule has 2 N–H and O–H groups in total. The molecule has 3 nitrogen and oxygen atoms in total. The van der Waals surface area contributed by atoms with Crippen LogP contribution in [0.4, 0.5) is 0 Å². The van der Waals surface area contributed by atoms with Crippen LogP contribution in [0.25, 0.3) is 0 Å². The van der Waals surface area contributed by atoms with Crippen LogP contribution in [0, 0.1) is 5.92 Å². The smallest absolute Gasteiger partial charge is 0.224 e. The number of nitrogens with one attached hydrogen (secondary N) is 2. The van der Waals surface area contributed by atoms with Crippen molar-refractivity contribution in [1.29, 1.82) is 0 Å². The zero-order valence-corrected chi connectivity index (χ0v) is 12.5. The zero-order chi connectivity index (χ0) is 12.1. The molecule has 2 rings (SSSR count). The molecule has 1 atom stereocenters. The lowest BCUT2D eigenvalue weighted by Crippen LogP contribution is -2.40. The Kier molecular flexibility index (Phi) is 6.68. The van der Waals surface area contributed by atoms with Gasteiger partial charge in [-0.2, -0.15) is 0 Å². The molecule has 18 heavy (non-hydrogen) atoms. The highest BCUT2D eigenvalue weighted by Crippen LogP contribution is 2.13. The van der Waals surface area contributed by atoms with Crippen LogP contribution < -0.4 is 10.6 Å². The molecule has 0 aromatic heterocycles. The van der Waals surface area contributed by atoms with Gasteiger partial charge in [0.15, 0.2) is 0 Å². The van der Waals surface area contributed by atoms with Crippen molar-refractivity contribution in [3.8, 4) is 0 Å². The first kappa shape index (κ1) is 15.5. The Morgan fingerprint density at radius 2 is 2.33 bits per heavy atom. The van der Waals surface area contributed by atoms with Gasteiger partial charge in [0.25, 0.3) is 0 Å². The van der Waals surface area contributed by atoms with E-state index in [2.05, 4.69) is 26.6 Å². The summed E-state index contributed by atoms with van der Waals surface area (Å²) < 4.78 is 1.04. The third-order valence-electron chi connectivity index (χ3n) is 3.02. The average Bonchev–Trinajstić information content (AvgIpc) is 2.37. The van der Waals surface area contributed by atoms with Gasteiger partial charge in [-0.3, -0.25) is 4.79 Å². The normalized spacial score (nSPS) is 18.8.